The van der Waals surface area contributed by atoms with Gasteiger partial charge in [0.05, 0.1) is 12.2 Å². The van der Waals surface area contributed by atoms with Crippen LogP contribution >= 0.6 is 0 Å². The van der Waals surface area contributed by atoms with E-state index in [2.05, 4.69) is 43.7 Å². The molecule has 0 aliphatic carbocycles. The molecule has 2 heterocycles. The molecule has 0 saturated heterocycles. The Morgan fingerprint density at radius 3 is 2.62 bits per heavy atom. The molecule has 0 bridgehead atoms. The van der Waals surface area contributed by atoms with Gasteiger partial charge in [-0.05, 0) is 18.1 Å². The molecule has 0 fully saturated rings. The standard InChI is InChI=1S/C13H20N8/c1-4-9-6-5-7-15-10(9)8-16-11-17-12(20-14)19-13(18-11)21(2)3/h5-7H,4,8,14H2,1-3H3,(H2,16,17,18,19,20). The molecule has 0 spiro atoms. The molecule has 4 N–H and O–H groups in total. The van der Waals surface area contributed by atoms with E-state index < -0.39 is 0 Å². The van der Waals surface area contributed by atoms with Crippen molar-refractivity contribution in [2.45, 2.75) is 19.9 Å². The number of hydrogen-bond acceptors (Lipinski definition) is 8. The quantitative estimate of drug-likeness (QED) is 0.529. The van der Waals surface area contributed by atoms with E-state index in [0.29, 0.717) is 24.4 Å². The molecule has 0 aromatic carbocycles. The second-order valence-corrected chi connectivity index (χ2v) is 4.64. The van der Waals surface area contributed by atoms with Crippen LogP contribution in [0.25, 0.3) is 0 Å². The van der Waals surface area contributed by atoms with Gasteiger partial charge in [0.15, 0.2) is 0 Å². The molecule has 0 atom stereocenters. The van der Waals surface area contributed by atoms with Crippen molar-refractivity contribution in [3.05, 3.63) is 29.6 Å². The molecule has 0 radical (unpaired) electrons. The third-order valence-electron chi connectivity index (χ3n) is 2.93. The highest BCUT2D eigenvalue weighted by Gasteiger charge is 2.08. The zero-order chi connectivity index (χ0) is 15.2. The van der Waals surface area contributed by atoms with Crippen molar-refractivity contribution in [2.24, 2.45) is 5.84 Å². The molecular formula is C13H20N8. The van der Waals surface area contributed by atoms with Crippen molar-refractivity contribution in [2.75, 3.05) is 29.7 Å². The minimum absolute atomic E-state index is 0.313. The van der Waals surface area contributed by atoms with Crippen molar-refractivity contribution >= 4 is 17.8 Å². The Morgan fingerprint density at radius 2 is 1.95 bits per heavy atom. The zero-order valence-corrected chi connectivity index (χ0v) is 12.5. The van der Waals surface area contributed by atoms with E-state index in [9.17, 15) is 0 Å². The van der Waals surface area contributed by atoms with Crippen LogP contribution in [0.5, 0.6) is 0 Å². The molecule has 8 heteroatoms. The van der Waals surface area contributed by atoms with E-state index in [0.717, 1.165) is 12.1 Å². The summed E-state index contributed by atoms with van der Waals surface area (Å²) in [5.41, 5.74) is 4.62. The molecule has 21 heavy (non-hydrogen) atoms. The second-order valence-electron chi connectivity index (χ2n) is 4.64. The predicted octanol–water partition coefficient (Wildman–Crippen LogP) is 0.793. The Bertz CT molecular complexity index is 598. The molecular weight excluding hydrogens is 268 g/mol. The number of nitrogens with one attached hydrogen (secondary N) is 2. The van der Waals surface area contributed by atoms with Crippen LogP contribution in [0.1, 0.15) is 18.2 Å². The van der Waals surface area contributed by atoms with E-state index in [1.807, 2.05) is 20.2 Å². The van der Waals surface area contributed by atoms with Gasteiger partial charge in [0.2, 0.25) is 17.8 Å². The van der Waals surface area contributed by atoms with Gasteiger partial charge < -0.3 is 10.2 Å². The molecule has 0 amide bonds. The Hall–Kier alpha value is -2.48. The maximum absolute atomic E-state index is 5.38. The summed E-state index contributed by atoms with van der Waals surface area (Å²) in [7, 11) is 3.71. The number of nitrogens with two attached hydrogens (primary N) is 1. The van der Waals surface area contributed by atoms with Gasteiger partial charge in [-0.3, -0.25) is 10.4 Å². The van der Waals surface area contributed by atoms with E-state index in [-0.39, 0.29) is 0 Å². The fourth-order valence-electron chi connectivity index (χ4n) is 1.82. The number of hydrogen-bond donors (Lipinski definition) is 3. The molecule has 0 aliphatic heterocycles. The largest absolute Gasteiger partial charge is 0.348 e. The number of aromatic nitrogens is 4. The summed E-state index contributed by atoms with van der Waals surface area (Å²) < 4.78 is 0. The topological polar surface area (TPSA) is 105 Å². The fraction of sp³-hybridized carbons (Fsp3) is 0.385. The number of rotatable bonds is 6. The minimum atomic E-state index is 0.313. The molecule has 2 aromatic rings. The first-order chi connectivity index (χ1) is 10.1. The summed E-state index contributed by atoms with van der Waals surface area (Å²) in [5.74, 6) is 6.67. The number of nitrogens with zero attached hydrogens (tertiary/aromatic N) is 5. The third kappa shape index (κ3) is 3.76. The van der Waals surface area contributed by atoms with Gasteiger partial charge in [-0.25, -0.2) is 5.84 Å². The van der Waals surface area contributed by atoms with E-state index >= 15 is 0 Å². The molecule has 0 aliphatic rings. The van der Waals surface area contributed by atoms with Crippen LogP contribution in [0.2, 0.25) is 0 Å². The van der Waals surface area contributed by atoms with Crippen LogP contribution in [0.15, 0.2) is 18.3 Å². The van der Waals surface area contributed by atoms with Crippen LogP contribution in [0.3, 0.4) is 0 Å². The van der Waals surface area contributed by atoms with Crippen LogP contribution in [0.4, 0.5) is 17.8 Å². The van der Waals surface area contributed by atoms with Gasteiger partial charge in [0.1, 0.15) is 0 Å². The maximum Gasteiger partial charge on any atom is 0.243 e. The van der Waals surface area contributed by atoms with E-state index in [1.54, 1.807) is 11.1 Å². The summed E-state index contributed by atoms with van der Waals surface area (Å²) in [6, 6.07) is 4.00. The van der Waals surface area contributed by atoms with Gasteiger partial charge in [-0.15, -0.1) is 0 Å². The van der Waals surface area contributed by atoms with Crippen LogP contribution in [-0.2, 0) is 13.0 Å². The maximum atomic E-state index is 5.38. The van der Waals surface area contributed by atoms with E-state index in [1.165, 1.54) is 5.56 Å². The average Bonchev–Trinajstić information content (AvgIpc) is 2.52. The second kappa shape index (κ2) is 6.80. The van der Waals surface area contributed by atoms with Crippen LogP contribution in [-0.4, -0.2) is 34.0 Å². The summed E-state index contributed by atoms with van der Waals surface area (Å²) in [5, 5.41) is 3.16. The van der Waals surface area contributed by atoms with Crippen molar-refractivity contribution in [3.8, 4) is 0 Å². The monoisotopic (exact) mass is 288 g/mol. The van der Waals surface area contributed by atoms with Crippen LogP contribution < -0.4 is 21.5 Å². The Kier molecular flexibility index (Phi) is 4.83. The Morgan fingerprint density at radius 1 is 1.19 bits per heavy atom. The fourth-order valence-corrected chi connectivity index (χ4v) is 1.82. The smallest absolute Gasteiger partial charge is 0.243 e. The van der Waals surface area contributed by atoms with Crippen molar-refractivity contribution in [1.29, 1.82) is 0 Å². The van der Waals surface area contributed by atoms with E-state index in [4.69, 9.17) is 5.84 Å². The zero-order valence-electron chi connectivity index (χ0n) is 12.5. The first-order valence-corrected chi connectivity index (χ1v) is 6.70. The van der Waals surface area contributed by atoms with Gasteiger partial charge in [-0.1, -0.05) is 13.0 Å². The molecule has 8 nitrogen and oxygen atoms in total. The summed E-state index contributed by atoms with van der Waals surface area (Å²) >= 11 is 0. The first kappa shape index (κ1) is 14.9. The first-order valence-electron chi connectivity index (χ1n) is 6.70. The van der Waals surface area contributed by atoms with Gasteiger partial charge in [-0.2, -0.15) is 15.0 Å². The lowest BCUT2D eigenvalue weighted by molar-refractivity contribution is 0.917. The van der Waals surface area contributed by atoms with Crippen LogP contribution in [0, 0.1) is 0 Å². The molecule has 2 aromatic heterocycles. The highest BCUT2D eigenvalue weighted by atomic mass is 15.4. The van der Waals surface area contributed by atoms with Gasteiger partial charge in [0, 0.05) is 20.3 Å². The van der Waals surface area contributed by atoms with Gasteiger partial charge in [0.25, 0.3) is 0 Å². The summed E-state index contributed by atoms with van der Waals surface area (Å²) in [6.07, 6.45) is 2.71. The number of pyridine rings is 1. The van der Waals surface area contributed by atoms with Crippen molar-refractivity contribution in [3.63, 3.8) is 0 Å². The van der Waals surface area contributed by atoms with Crippen molar-refractivity contribution in [1.82, 2.24) is 19.9 Å². The SMILES string of the molecule is CCc1cccnc1CNc1nc(NN)nc(N(C)C)n1. The lowest BCUT2D eigenvalue weighted by atomic mass is 10.1. The third-order valence-corrected chi connectivity index (χ3v) is 2.93. The summed E-state index contributed by atoms with van der Waals surface area (Å²) in [6.45, 7) is 2.65. The summed E-state index contributed by atoms with van der Waals surface area (Å²) in [4.78, 5) is 18.8. The normalized spacial score (nSPS) is 10.3. The number of nitrogen functional groups attached to an aromatic ring is 1. The lowest BCUT2D eigenvalue weighted by Crippen LogP contribution is -2.19. The number of hydrazine groups is 1. The molecule has 112 valence electrons. The lowest BCUT2D eigenvalue weighted by Gasteiger charge is -2.13. The number of aryl methyl sites for hydroxylation is 1. The Labute approximate surface area is 123 Å². The highest BCUT2D eigenvalue weighted by Crippen LogP contribution is 2.12. The molecule has 0 unspecified atom stereocenters. The van der Waals surface area contributed by atoms with Gasteiger partial charge >= 0.3 is 0 Å². The molecule has 2 rings (SSSR count). The molecule has 0 saturated carbocycles. The predicted molar refractivity (Wildman–Crippen MR) is 82.9 cm³/mol. The van der Waals surface area contributed by atoms with Crippen molar-refractivity contribution < 1.29 is 0 Å². The number of anilines is 3. The average molecular weight is 288 g/mol. The Balaban J connectivity index is 2.17. The minimum Gasteiger partial charge on any atom is -0.348 e. The highest BCUT2D eigenvalue weighted by molar-refractivity contribution is 5.42.